The van der Waals surface area contributed by atoms with Gasteiger partial charge in [-0.25, -0.2) is 0 Å². The highest BCUT2D eigenvalue weighted by molar-refractivity contribution is 5.92. The van der Waals surface area contributed by atoms with Crippen LogP contribution in [0.25, 0.3) is 0 Å². The third kappa shape index (κ3) is 4.92. The molecule has 0 saturated heterocycles. The number of amides is 1. The molecule has 0 fully saturated rings. The zero-order valence-electron chi connectivity index (χ0n) is 13.8. The van der Waals surface area contributed by atoms with Crippen molar-refractivity contribution in [1.82, 2.24) is 0 Å². The molecule has 5 nitrogen and oxygen atoms in total. The lowest BCUT2D eigenvalue weighted by Gasteiger charge is -2.11. The predicted molar refractivity (Wildman–Crippen MR) is 89.6 cm³/mol. The molecule has 0 aliphatic rings. The van der Waals surface area contributed by atoms with Crippen molar-refractivity contribution < 1.29 is 19.0 Å². The lowest BCUT2D eigenvalue weighted by molar-refractivity contribution is -0.118. The normalized spacial score (nSPS) is 10.1. The van der Waals surface area contributed by atoms with E-state index in [4.69, 9.17) is 14.2 Å². The summed E-state index contributed by atoms with van der Waals surface area (Å²) in [5.41, 5.74) is 2.96. The molecule has 0 bridgehead atoms. The Bertz CT molecular complexity index is 655. The first-order chi connectivity index (χ1) is 11.0. The minimum absolute atomic E-state index is 0.0939. The maximum atomic E-state index is 12.0. The zero-order valence-corrected chi connectivity index (χ0v) is 13.8. The molecule has 0 unspecified atom stereocenters. The van der Waals surface area contributed by atoms with Crippen molar-refractivity contribution in [2.24, 2.45) is 0 Å². The number of rotatable bonds is 6. The third-order valence-electron chi connectivity index (χ3n) is 3.20. The molecule has 5 heteroatoms. The van der Waals surface area contributed by atoms with E-state index in [1.807, 2.05) is 26.0 Å². The smallest absolute Gasteiger partial charge is 0.262 e. The molecule has 0 heterocycles. The summed E-state index contributed by atoms with van der Waals surface area (Å²) in [5.74, 6) is 1.50. The number of methoxy groups -OCH3 is 2. The van der Waals surface area contributed by atoms with E-state index in [2.05, 4.69) is 11.4 Å². The molecule has 0 saturated carbocycles. The second-order valence-corrected chi connectivity index (χ2v) is 5.26. The molecule has 0 atom stereocenters. The van der Waals surface area contributed by atoms with Crippen molar-refractivity contribution in [2.75, 3.05) is 26.1 Å². The van der Waals surface area contributed by atoms with Crippen LogP contribution in [-0.4, -0.2) is 26.7 Å². The fourth-order valence-electron chi connectivity index (χ4n) is 2.26. The second-order valence-electron chi connectivity index (χ2n) is 5.26. The monoisotopic (exact) mass is 315 g/mol. The number of carbonyl (C=O) groups is 1. The van der Waals surface area contributed by atoms with Crippen LogP contribution in [0.1, 0.15) is 11.1 Å². The number of ether oxygens (including phenoxy) is 3. The molecule has 0 aliphatic heterocycles. The van der Waals surface area contributed by atoms with E-state index in [0.717, 1.165) is 16.8 Å². The van der Waals surface area contributed by atoms with Gasteiger partial charge in [0.1, 0.15) is 17.2 Å². The number of hydrogen-bond acceptors (Lipinski definition) is 4. The van der Waals surface area contributed by atoms with Crippen LogP contribution in [-0.2, 0) is 4.79 Å². The zero-order chi connectivity index (χ0) is 16.8. The highest BCUT2D eigenvalue weighted by Crippen LogP contribution is 2.27. The van der Waals surface area contributed by atoms with Crippen molar-refractivity contribution in [3.63, 3.8) is 0 Å². The van der Waals surface area contributed by atoms with Crippen molar-refractivity contribution in [2.45, 2.75) is 13.8 Å². The third-order valence-corrected chi connectivity index (χ3v) is 3.20. The van der Waals surface area contributed by atoms with Gasteiger partial charge in [-0.15, -0.1) is 0 Å². The number of aryl methyl sites for hydroxylation is 2. The number of benzene rings is 2. The second kappa shape index (κ2) is 7.54. The Hall–Kier alpha value is -2.69. The van der Waals surface area contributed by atoms with Gasteiger partial charge in [0.05, 0.1) is 14.2 Å². The molecule has 0 radical (unpaired) electrons. The standard InChI is InChI=1S/C18H21NO4/c1-12-5-13(2)7-14(6-12)19-18(20)11-23-17-9-15(21-3)8-16(10-17)22-4/h5-10H,11H2,1-4H3,(H,19,20). The molecule has 2 rings (SSSR count). The van der Waals surface area contributed by atoms with Crippen molar-refractivity contribution in [3.8, 4) is 17.2 Å². The Morgan fingerprint density at radius 2 is 1.39 bits per heavy atom. The van der Waals surface area contributed by atoms with Gasteiger partial charge in [-0.1, -0.05) is 6.07 Å². The van der Waals surface area contributed by atoms with E-state index in [9.17, 15) is 4.79 Å². The quantitative estimate of drug-likeness (QED) is 0.888. The predicted octanol–water partition coefficient (Wildman–Crippen LogP) is 3.34. The Morgan fingerprint density at radius 1 is 0.870 bits per heavy atom. The van der Waals surface area contributed by atoms with Gasteiger partial charge >= 0.3 is 0 Å². The molecule has 0 aliphatic carbocycles. The minimum atomic E-state index is -0.225. The van der Waals surface area contributed by atoms with E-state index in [1.54, 1.807) is 32.4 Å². The highest BCUT2D eigenvalue weighted by atomic mass is 16.5. The molecule has 23 heavy (non-hydrogen) atoms. The summed E-state index contributed by atoms with van der Waals surface area (Å²) < 4.78 is 15.8. The summed E-state index contributed by atoms with van der Waals surface area (Å²) in [6.07, 6.45) is 0. The van der Waals surface area contributed by atoms with Gasteiger partial charge in [0.2, 0.25) is 0 Å². The fraction of sp³-hybridized carbons (Fsp3) is 0.278. The molecular weight excluding hydrogens is 294 g/mol. The maximum absolute atomic E-state index is 12.0. The topological polar surface area (TPSA) is 56.8 Å². The Morgan fingerprint density at radius 3 is 1.91 bits per heavy atom. The van der Waals surface area contributed by atoms with Crippen LogP contribution < -0.4 is 19.5 Å². The number of nitrogens with one attached hydrogen (secondary N) is 1. The minimum Gasteiger partial charge on any atom is -0.496 e. The van der Waals surface area contributed by atoms with E-state index < -0.39 is 0 Å². The lowest BCUT2D eigenvalue weighted by Crippen LogP contribution is -2.20. The highest BCUT2D eigenvalue weighted by Gasteiger charge is 2.07. The average molecular weight is 315 g/mol. The van der Waals surface area contributed by atoms with E-state index in [0.29, 0.717) is 17.2 Å². The fourth-order valence-corrected chi connectivity index (χ4v) is 2.26. The number of hydrogen-bond donors (Lipinski definition) is 1. The average Bonchev–Trinajstić information content (AvgIpc) is 2.51. The molecule has 0 aromatic heterocycles. The molecule has 1 N–H and O–H groups in total. The summed E-state index contributed by atoms with van der Waals surface area (Å²) in [7, 11) is 3.12. The molecule has 2 aromatic carbocycles. The van der Waals surface area contributed by atoms with E-state index in [-0.39, 0.29) is 12.5 Å². The Balaban J connectivity index is 1.98. The SMILES string of the molecule is COc1cc(OC)cc(OCC(=O)Nc2cc(C)cc(C)c2)c1. The first-order valence-corrected chi connectivity index (χ1v) is 7.24. The summed E-state index contributed by atoms with van der Waals surface area (Å²) in [6, 6.07) is 11.0. The summed E-state index contributed by atoms with van der Waals surface area (Å²) >= 11 is 0. The molecule has 2 aromatic rings. The Kier molecular flexibility index (Phi) is 5.46. The van der Waals surface area contributed by atoms with E-state index >= 15 is 0 Å². The van der Waals surface area contributed by atoms with Gasteiger partial charge in [-0.3, -0.25) is 4.79 Å². The van der Waals surface area contributed by atoms with Gasteiger partial charge in [0, 0.05) is 23.9 Å². The van der Waals surface area contributed by atoms with Crippen molar-refractivity contribution in [1.29, 1.82) is 0 Å². The van der Waals surface area contributed by atoms with Crippen molar-refractivity contribution in [3.05, 3.63) is 47.5 Å². The largest absolute Gasteiger partial charge is 0.496 e. The first-order valence-electron chi connectivity index (χ1n) is 7.24. The van der Waals surface area contributed by atoms with Crippen LogP contribution in [0, 0.1) is 13.8 Å². The molecule has 0 spiro atoms. The van der Waals surface area contributed by atoms with Crippen LogP contribution in [0.15, 0.2) is 36.4 Å². The van der Waals surface area contributed by atoms with Gasteiger partial charge in [0.15, 0.2) is 6.61 Å². The maximum Gasteiger partial charge on any atom is 0.262 e. The molecule has 1 amide bonds. The van der Waals surface area contributed by atoms with Crippen LogP contribution in [0.3, 0.4) is 0 Å². The molecule has 122 valence electrons. The molecular formula is C18H21NO4. The lowest BCUT2D eigenvalue weighted by atomic mass is 10.1. The van der Waals surface area contributed by atoms with Crippen LogP contribution in [0.4, 0.5) is 5.69 Å². The van der Waals surface area contributed by atoms with Crippen LogP contribution in [0.2, 0.25) is 0 Å². The van der Waals surface area contributed by atoms with Gasteiger partial charge in [0.25, 0.3) is 5.91 Å². The summed E-state index contributed by atoms with van der Waals surface area (Å²) in [4.78, 5) is 12.0. The van der Waals surface area contributed by atoms with Crippen LogP contribution in [0.5, 0.6) is 17.2 Å². The van der Waals surface area contributed by atoms with E-state index in [1.165, 1.54) is 0 Å². The summed E-state index contributed by atoms with van der Waals surface area (Å²) in [6.45, 7) is 3.88. The van der Waals surface area contributed by atoms with Gasteiger partial charge < -0.3 is 19.5 Å². The summed E-state index contributed by atoms with van der Waals surface area (Å²) in [5, 5.41) is 2.82. The first kappa shape index (κ1) is 16.7. The van der Waals surface area contributed by atoms with Crippen molar-refractivity contribution >= 4 is 11.6 Å². The Labute approximate surface area is 136 Å². The van der Waals surface area contributed by atoms with Gasteiger partial charge in [-0.05, 0) is 37.1 Å². The number of carbonyl (C=O) groups excluding carboxylic acids is 1. The number of anilines is 1. The van der Waals surface area contributed by atoms with Gasteiger partial charge in [-0.2, -0.15) is 0 Å². The van der Waals surface area contributed by atoms with Crippen LogP contribution >= 0.6 is 0 Å².